The molecule has 0 N–H and O–H groups in total. The zero-order valence-corrected chi connectivity index (χ0v) is 11.8. The van der Waals surface area contributed by atoms with E-state index < -0.39 is 0 Å². The molecule has 100 valence electrons. The summed E-state index contributed by atoms with van der Waals surface area (Å²) < 4.78 is 0. The third-order valence-electron chi connectivity index (χ3n) is 3.29. The Morgan fingerprint density at radius 2 is 1.90 bits per heavy atom. The molecular weight excluding hydrogens is 248 g/mol. The minimum absolute atomic E-state index is 0.0683. The summed E-state index contributed by atoms with van der Waals surface area (Å²) in [5.74, 6) is -0.0683. The number of nitrogens with zero attached hydrogens (tertiary/aromatic N) is 2. The number of hydrogen-bond acceptors (Lipinski definition) is 2. The largest absolute Gasteiger partial charge is 0.311 e. The average molecular weight is 264 g/mol. The average Bonchev–Trinajstić information content (AvgIpc) is 2.48. The van der Waals surface area contributed by atoms with E-state index in [1.165, 1.54) is 0 Å². The second-order valence-electron chi connectivity index (χ2n) is 4.84. The number of hydrogen-bond donors (Lipinski definition) is 0. The Kier molecular flexibility index (Phi) is 3.86. The van der Waals surface area contributed by atoms with Gasteiger partial charge in [0.05, 0.1) is 11.6 Å². The molecule has 0 aliphatic heterocycles. The van der Waals surface area contributed by atoms with Crippen LogP contribution in [-0.2, 0) is 0 Å². The van der Waals surface area contributed by atoms with Crippen molar-refractivity contribution in [1.82, 2.24) is 0 Å². The molecule has 0 atom stereocenters. The van der Waals surface area contributed by atoms with Gasteiger partial charge in [0.2, 0.25) is 0 Å². The molecule has 0 unspecified atom stereocenters. The maximum Gasteiger partial charge on any atom is 0.258 e. The van der Waals surface area contributed by atoms with Crippen LogP contribution in [-0.4, -0.2) is 13.0 Å². The summed E-state index contributed by atoms with van der Waals surface area (Å²) >= 11 is 0. The summed E-state index contributed by atoms with van der Waals surface area (Å²) in [7, 11) is 1.72. The van der Waals surface area contributed by atoms with Gasteiger partial charge in [0.1, 0.15) is 0 Å². The molecule has 1 amide bonds. The minimum atomic E-state index is -0.0683. The predicted octanol–water partition coefficient (Wildman–Crippen LogP) is 3.45. The molecule has 20 heavy (non-hydrogen) atoms. The SMILES string of the molecule is Cc1ccc(C)c(C(=O)N(C)c2cccc(C#N)c2)c1. The smallest absolute Gasteiger partial charge is 0.258 e. The van der Waals surface area contributed by atoms with Crippen LogP contribution < -0.4 is 4.90 Å². The lowest BCUT2D eigenvalue weighted by Gasteiger charge is -2.19. The van der Waals surface area contributed by atoms with Gasteiger partial charge in [0, 0.05) is 18.3 Å². The topological polar surface area (TPSA) is 44.1 Å². The molecule has 0 spiro atoms. The number of anilines is 1. The number of benzene rings is 2. The van der Waals surface area contributed by atoms with Gasteiger partial charge in [-0.3, -0.25) is 4.79 Å². The molecule has 0 heterocycles. The van der Waals surface area contributed by atoms with Crippen LogP contribution in [0, 0.1) is 25.2 Å². The van der Waals surface area contributed by atoms with Crippen LogP contribution in [0.15, 0.2) is 42.5 Å². The Morgan fingerprint density at radius 3 is 2.60 bits per heavy atom. The molecule has 0 aliphatic rings. The van der Waals surface area contributed by atoms with Gasteiger partial charge in [-0.05, 0) is 43.7 Å². The summed E-state index contributed by atoms with van der Waals surface area (Å²) in [6.45, 7) is 3.89. The van der Waals surface area contributed by atoms with Crippen molar-refractivity contribution in [2.24, 2.45) is 0 Å². The normalized spacial score (nSPS) is 9.90. The van der Waals surface area contributed by atoms with Gasteiger partial charge < -0.3 is 4.90 Å². The Morgan fingerprint density at radius 1 is 1.15 bits per heavy atom. The molecule has 0 aromatic heterocycles. The van der Waals surface area contributed by atoms with Crippen LogP contribution in [0.1, 0.15) is 27.0 Å². The van der Waals surface area contributed by atoms with Crippen LogP contribution in [0.5, 0.6) is 0 Å². The van der Waals surface area contributed by atoms with E-state index in [0.29, 0.717) is 11.1 Å². The molecular formula is C17H16N2O. The van der Waals surface area contributed by atoms with Gasteiger partial charge in [0.25, 0.3) is 5.91 Å². The van der Waals surface area contributed by atoms with Crippen molar-refractivity contribution in [2.75, 3.05) is 11.9 Å². The Labute approximate surface area is 119 Å². The maximum absolute atomic E-state index is 12.6. The third kappa shape index (κ3) is 2.70. The highest BCUT2D eigenvalue weighted by molar-refractivity contribution is 6.06. The van der Waals surface area contributed by atoms with Crippen molar-refractivity contribution < 1.29 is 4.79 Å². The van der Waals surface area contributed by atoms with E-state index in [-0.39, 0.29) is 5.91 Å². The number of nitriles is 1. The van der Waals surface area contributed by atoms with Gasteiger partial charge in [-0.1, -0.05) is 23.8 Å². The number of aryl methyl sites for hydroxylation is 2. The van der Waals surface area contributed by atoms with Gasteiger partial charge in [0.15, 0.2) is 0 Å². The van der Waals surface area contributed by atoms with E-state index >= 15 is 0 Å². The van der Waals surface area contributed by atoms with Gasteiger partial charge in [-0.25, -0.2) is 0 Å². The molecule has 3 nitrogen and oxygen atoms in total. The Hall–Kier alpha value is -2.60. The van der Waals surface area contributed by atoms with Crippen molar-refractivity contribution in [3.05, 3.63) is 64.7 Å². The molecule has 0 bridgehead atoms. The van der Waals surface area contributed by atoms with E-state index in [4.69, 9.17) is 5.26 Å². The van der Waals surface area contributed by atoms with Crippen LogP contribution in [0.2, 0.25) is 0 Å². The van der Waals surface area contributed by atoms with Crippen molar-refractivity contribution in [1.29, 1.82) is 5.26 Å². The number of carbonyl (C=O) groups is 1. The first kappa shape index (κ1) is 13.8. The van der Waals surface area contributed by atoms with Crippen molar-refractivity contribution in [3.8, 4) is 6.07 Å². The fourth-order valence-electron chi connectivity index (χ4n) is 2.05. The van der Waals surface area contributed by atoms with Crippen LogP contribution in [0.3, 0.4) is 0 Å². The second kappa shape index (κ2) is 5.58. The quantitative estimate of drug-likeness (QED) is 0.833. The lowest BCUT2D eigenvalue weighted by Crippen LogP contribution is -2.27. The fraction of sp³-hybridized carbons (Fsp3) is 0.176. The highest BCUT2D eigenvalue weighted by Crippen LogP contribution is 2.19. The lowest BCUT2D eigenvalue weighted by atomic mass is 10.0. The summed E-state index contributed by atoms with van der Waals surface area (Å²) in [5.41, 5.74) is 3.95. The zero-order valence-electron chi connectivity index (χ0n) is 11.8. The number of carbonyl (C=O) groups excluding carboxylic acids is 1. The van der Waals surface area contributed by atoms with Crippen molar-refractivity contribution in [3.63, 3.8) is 0 Å². The van der Waals surface area contributed by atoms with Gasteiger partial charge in [-0.15, -0.1) is 0 Å². The highest BCUT2D eigenvalue weighted by Gasteiger charge is 2.16. The predicted molar refractivity (Wildman–Crippen MR) is 79.8 cm³/mol. The van der Waals surface area contributed by atoms with E-state index in [2.05, 4.69) is 6.07 Å². The van der Waals surface area contributed by atoms with E-state index in [9.17, 15) is 4.79 Å². The molecule has 0 saturated heterocycles. The molecule has 0 saturated carbocycles. The molecule has 2 aromatic rings. The Bertz CT molecular complexity index is 698. The zero-order chi connectivity index (χ0) is 14.7. The fourth-order valence-corrected chi connectivity index (χ4v) is 2.05. The standard InChI is InChI=1S/C17H16N2O/c1-12-7-8-13(2)16(9-12)17(20)19(3)15-6-4-5-14(10-15)11-18/h4-10H,1-3H3. The van der Waals surface area contributed by atoms with Crippen LogP contribution >= 0.6 is 0 Å². The second-order valence-corrected chi connectivity index (χ2v) is 4.84. The molecule has 3 heteroatoms. The molecule has 0 aliphatic carbocycles. The van der Waals surface area contributed by atoms with E-state index in [1.54, 1.807) is 30.1 Å². The van der Waals surface area contributed by atoms with Gasteiger partial charge >= 0.3 is 0 Å². The first-order chi connectivity index (χ1) is 9.52. The number of amides is 1. The highest BCUT2D eigenvalue weighted by atomic mass is 16.2. The molecule has 2 aromatic carbocycles. The van der Waals surface area contributed by atoms with Crippen molar-refractivity contribution >= 4 is 11.6 Å². The molecule has 0 radical (unpaired) electrons. The van der Waals surface area contributed by atoms with Gasteiger partial charge in [-0.2, -0.15) is 5.26 Å². The minimum Gasteiger partial charge on any atom is -0.311 e. The summed E-state index contributed by atoms with van der Waals surface area (Å²) in [5, 5.41) is 8.93. The summed E-state index contributed by atoms with van der Waals surface area (Å²) in [6, 6.07) is 14.9. The summed E-state index contributed by atoms with van der Waals surface area (Å²) in [6.07, 6.45) is 0. The molecule has 0 fully saturated rings. The van der Waals surface area contributed by atoms with E-state index in [1.807, 2.05) is 38.1 Å². The molecule has 2 rings (SSSR count). The lowest BCUT2D eigenvalue weighted by molar-refractivity contribution is 0.0992. The van der Waals surface area contributed by atoms with E-state index in [0.717, 1.165) is 16.8 Å². The van der Waals surface area contributed by atoms with Crippen molar-refractivity contribution in [2.45, 2.75) is 13.8 Å². The maximum atomic E-state index is 12.6. The van der Waals surface area contributed by atoms with Crippen LogP contribution in [0.4, 0.5) is 5.69 Å². The third-order valence-corrected chi connectivity index (χ3v) is 3.29. The van der Waals surface area contributed by atoms with Crippen LogP contribution in [0.25, 0.3) is 0 Å². The first-order valence-corrected chi connectivity index (χ1v) is 6.38. The monoisotopic (exact) mass is 264 g/mol. The number of rotatable bonds is 2. The Balaban J connectivity index is 2.37. The summed E-state index contributed by atoms with van der Waals surface area (Å²) in [4.78, 5) is 14.1. The first-order valence-electron chi connectivity index (χ1n) is 6.38.